The van der Waals surface area contributed by atoms with Crippen molar-refractivity contribution in [3.63, 3.8) is 0 Å². The number of anilines is 6. The van der Waals surface area contributed by atoms with Gasteiger partial charge in [0.2, 0.25) is 12.0 Å². The van der Waals surface area contributed by atoms with Crippen LogP contribution < -0.4 is 9.80 Å². The molecule has 8 aromatic rings. The summed E-state index contributed by atoms with van der Waals surface area (Å²) in [6, 6.07) is 71.8. The van der Waals surface area contributed by atoms with Crippen molar-refractivity contribution in [3.8, 4) is 6.19 Å². The number of aryl methyl sites for hydroxylation is 4. The second kappa shape index (κ2) is 19.5. The zero-order chi connectivity index (χ0) is 48.1. The van der Waals surface area contributed by atoms with Crippen LogP contribution in [0.2, 0.25) is 0 Å². The third-order valence-electron chi connectivity index (χ3n) is 12.9. The van der Waals surface area contributed by atoms with Crippen molar-refractivity contribution in [2.24, 2.45) is 10.1 Å². The summed E-state index contributed by atoms with van der Waals surface area (Å²) in [5.41, 5.74) is 17.9. The molecule has 0 saturated heterocycles. The molecule has 10 rings (SSSR count). The Bertz CT molecular complexity index is 3050. The topological polar surface area (TPSA) is 65.8 Å². The first-order valence-electron chi connectivity index (χ1n) is 23.4. The van der Waals surface area contributed by atoms with Gasteiger partial charge < -0.3 is 19.6 Å². The highest BCUT2D eigenvalue weighted by Crippen LogP contribution is 2.50. The minimum Gasteiger partial charge on any atom is -0.319 e. The molecule has 8 aromatic carbocycles. The second-order valence-corrected chi connectivity index (χ2v) is 17.8. The van der Waals surface area contributed by atoms with E-state index in [-0.39, 0.29) is 0 Å². The lowest BCUT2D eigenvalue weighted by atomic mass is 10.0. The first kappa shape index (κ1) is 44.6. The standard InChI is InChI=1S/C62H50N8/c1-43-16-28-51(29-17-43)69(52-30-18-44(2)19-31-52)55-36-24-49(25-37-55)59-57-58(62(66-64-5)68(59)41-48-14-10-7-11-15-48)60(67(61(57)65-42-63)40-47-12-8-6-9-13-47)50-26-38-56(39-27-50)70(53-32-20-45(3)21-33-53)54-34-22-46(4)23-35-54/h6-39H,40-41H2,1-4H3. The molecule has 70 heavy (non-hydrogen) atoms. The Morgan fingerprint density at radius 3 is 1.04 bits per heavy atom. The number of nitrogens with zero attached hydrogens (tertiary/aromatic N) is 8. The second-order valence-electron chi connectivity index (χ2n) is 17.8. The van der Waals surface area contributed by atoms with Crippen LogP contribution in [0.4, 0.5) is 34.1 Å². The zero-order valence-electron chi connectivity index (χ0n) is 39.6. The van der Waals surface area contributed by atoms with Gasteiger partial charge in [0.25, 0.3) is 0 Å². The fraction of sp³-hybridized carbons (Fsp3) is 0.0968. The van der Waals surface area contributed by atoms with Crippen LogP contribution in [-0.2, 0) is 13.1 Å². The Labute approximate surface area is 410 Å². The van der Waals surface area contributed by atoms with Gasteiger partial charge in [0.1, 0.15) is 5.10 Å². The summed E-state index contributed by atoms with van der Waals surface area (Å²) < 4.78 is 0. The minimum absolute atomic E-state index is 0.419. The fourth-order valence-electron chi connectivity index (χ4n) is 9.39. The predicted molar refractivity (Wildman–Crippen MR) is 286 cm³/mol. The Balaban J connectivity index is 1.18. The van der Waals surface area contributed by atoms with Crippen LogP contribution in [-0.4, -0.2) is 21.5 Å². The van der Waals surface area contributed by atoms with Crippen LogP contribution in [0.5, 0.6) is 0 Å². The van der Waals surface area contributed by atoms with E-state index < -0.39 is 0 Å². The van der Waals surface area contributed by atoms with Crippen molar-refractivity contribution >= 4 is 57.2 Å². The number of hydrogen-bond donors (Lipinski definition) is 0. The summed E-state index contributed by atoms with van der Waals surface area (Å²) in [5.74, 6) is 0.990. The van der Waals surface area contributed by atoms with Gasteiger partial charge in [-0.1, -0.05) is 156 Å². The Hall–Kier alpha value is -9.24. The summed E-state index contributed by atoms with van der Waals surface area (Å²) in [6.07, 6.45) is 2.18. The molecule has 2 heterocycles. The van der Waals surface area contributed by atoms with Gasteiger partial charge in [-0.2, -0.15) is 16.8 Å². The molecule has 0 amide bonds. The molecular formula is C62H50N8. The summed E-state index contributed by atoms with van der Waals surface area (Å²) in [7, 11) is 0. The van der Waals surface area contributed by atoms with Gasteiger partial charge in [-0.3, -0.25) is 0 Å². The van der Waals surface area contributed by atoms with E-state index in [0.717, 1.165) is 78.9 Å². The van der Waals surface area contributed by atoms with Gasteiger partial charge in [-0.25, -0.2) is 0 Å². The van der Waals surface area contributed by atoms with Crippen LogP contribution >= 0.6 is 0 Å². The molecule has 0 N–H and O–H groups in total. The number of aliphatic imine (C=N–C) groups is 1. The highest BCUT2D eigenvalue weighted by molar-refractivity contribution is 6.33. The van der Waals surface area contributed by atoms with E-state index >= 15 is 0 Å². The number of hydrogen-bond acceptors (Lipinski definition) is 5. The van der Waals surface area contributed by atoms with Crippen molar-refractivity contribution in [1.82, 2.24) is 9.80 Å². The molecule has 0 aliphatic carbocycles. The highest BCUT2D eigenvalue weighted by atomic mass is 15.3. The van der Waals surface area contributed by atoms with Gasteiger partial charge in [0, 0.05) is 47.2 Å². The average Bonchev–Trinajstić information content (AvgIpc) is 3.85. The van der Waals surface area contributed by atoms with Crippen molar-refractivity contribution in [2.75, 3.05) is 9.80 Å². The highest BCUT2D eigenvalue weighted by Gasteiger charge is 2.48. The normalized spacial score (nSPS) is 14.3. The van der Waals surface area contributed by atoms with Crippen molar-refractivity contribution in [1.29, 1.82) is 5.26 Å². The van der Waals surface area contributed by atoms with Gasteiger partial charge >= 0.3 is 0 Å². The van der Waals surface area contributed by atoms with Crippen molar-refractivity contribution in [2.45, 2.75) is 40.8 Å². The Morgan fingerprint density at radius 1 is 0.429 bits per heavy atom. The molecule has 0 unspecified atom stereocenters. The summed E-state index contributed by atoms with van der Waals surface area (Å²) in [4.78, 5) is 17.2. The van der Waals surface area contributed by atoms with Gasteiger partial charge in [0.05, 0.1) is 22.5 Å². The fourth-order valence-corrected chi connectivity index (χ4v) is 9.39. The summed E-state index contributed by atoms with van der Waals surface area (Å²) in [5, 5.41) is 15.3. The monoisotopic (exact) mass is 906 g/mol. The molecule has 2 aliphatic rings. The lowest BCUT2D eigenvalue weighted by Crippen LogP contribution is -2.29. The van der Waals surface area contributed by atoms with Crippen LogP contribution in [0.3, 0.4) is 0 Å². The molecule has 0 saturated carbocycles. The number of amidine groups is 2. The Morgan fingerprint density at radius 2 is 0.729 bits per heavy atom. The Kier molecular flexibility index (Phi) is 12.4. The SMILES string of the molecule is [C-]#[N+]N=C1C2=C(c3ccc(N(c4ccc(C)cc4)c4ccc(C)cc4)cc3)N(Cc3ccccc3)C(=NC#N)C2=C(c2ccc(N(c3ccc(C)cc3)c3ccc(C)cc3)cc2)N1Cc1ccccc1. The van der Waals surface area contributed by atoms with Crippen molar-refractivity contribution in [3.05, 3.63) is 273 Å². The maximum absolute atomic E-state index is 10.6. The van der Waals surface area contributed by atoms with E-state index in [0.29, 0.717) is 24.8 Å². The molecule has 338 valence electrons. The van der Waals surface area contributed by atoms with Crippen LogP contribution in [0.1, 0.15) is 44.5 Å². The van der Waals surface area contributed by atoms with Gasteiger partial charge in [-0.15, -0.1) is 4.95 Å². The predicted octanol–water partition coefficient (Wildman–Crippen LogP) is 15.1. The van der Waals surface area contributed by atoms with Crippen molar-refractivity contribution < 1.29 is 0 Å². The number of rotatable bonds is 12. The lowest BCUT2D eigenvalue weighted by Gasteiger charge is -2.29. The smallest absolute Gasteiger partial charge is 0.226 e. The summed E-state index contributed by atoms with van der Waals surface area (Å²) in [6.45, 7) is 17.5. The third kappa shape index (κ3) is 8.86. The van der Waals surface area contributed by atoms with Crippen LogP contribution in [0.25, 0.3) is 16.3 Å². The first-order chi connectivity index (χ1) is 34.3. The quantitative estimate of drug-likeness (QED) is 0.0694. The molecule has 0 bridgehead atoms. The molecule has 0 atom stereocenters. The molecule has 8 heteroatoms. The third-order valence-corrected chi connectivity index (χ3v) is 12.9. The van der Waals surface area contributed by atoms with Crippen LogP contribution in [0.15, 0.2) is 227 Å². The molecule has 0 radical (unpaired) electrons. The maximum Gasteiger partial charge on any atom is 0.226 e. The average molecular weight is 907 g/mol. The summed E-state index contributed by atoms with van der Waals surface area (Å²) >= 11 is 0. The van der Waals surface area contributed by atoms with Gasteiger partial charge in [0.15, 0.2) is 5.84 Å². The molecule has 0 spiro atoms. The molecule has 2 aliphatic heterocycles. The zero-order valence-corrected chi connectivity index (χ0v) is 39.6. The maximum atomic E-state index is 10.6. The molecule has 0 aromatic heterocycles. The number of benzene rings is 8. The van der Waals surface area contributed by atoms with E-state index in [4.69, 9.17) is 6.57 Å². The number of nitriles is 1. The van der Waals surface area contributed by atoms with Crippen LogP contribution in [0, 0.1) is 45.7 Å². The van der Waals surface area contributed by atoms with E-state index in [1.807, 2.05) is 36.4 Å². The van der Waals surface area contributed by atoms with Gasteiger partial charge in [-0.05, 0) is 123 Å². The van der Waals surface area contributed by atoms with E-state index in [1.165, 1.54) is 22.3 Å². The van der Waals surface area contributed by atoms with E-state index in [9.17, 15) is 5.26 Å². The number of fused-ring (bicyclic) bond motifs is 1. The van der Waals surface area contributed by atoms with E-state index in [2.05, 4.69) is 238 Å². The lowest BCUT2D eigenvalue weighted by molar-refractivity contribution is 0.571. The molecular weight excluding hydrogens is 857 g/mol. The largest absolute Gasteiger partial charge is 0.319 e. The first-order valence-corrected chi connectivity index (χ1v) is 23.4. The van der Waals surface area contributed by atoms with E-state index in [1.54, 1.807) is 0 Å². The minimum atomic E-state index is 0.419. The molecule has 0 fully saturated rings. The molecule has 8 nitrogen and oxygen atoms in total.